The first-order valence-electron chi connectivity index (χ1n) is 10.5. The Labute approximate surface area is 187 Å². The SMILES string of the molecule is Cc1ccc(S(=O)(=O)N2C[C@H]3c4ccccc4CCN3[C@H]2c2cccc([N+](=O)[O-])c2)cc1. The number of aryl methyl sites for hydroxylation is 1. The van der Waals surface area contributed by atoms with Crippen LogP contribution in [0.1, 0.15) is 34.5 Å². The van der Waals surface area contributed by atoms with Crippen LogP contribution in [0.15, 0.2) is 77.7 Å². The van der Waals surface area contributed by atoms with Gasteiger partial charge in [0, 0.05) is 25.2 Å². The second-order valence-electron chi connectivity index (χ2n) is 8.32. The van der Waals surface area contributed by atoms with Crippen molar-refractivity contribution >= 4 is 15.7 Å². The number of nitro groups is 1. The van der Waals surface area contributed by atoms with Crippen LogP contribution in [0.4, 0.5) is 5.69 Å². The summed E-state index contributed by atoms with van der Waals surface area (Å²) in [7, 11) is -3.82. The summed E-state index contributed by atoms with van der Waals surface area (Å²) < 4.78 is 29.0. The molecule has 0 saturated carbocycles. The van der Waals surface area contributed by atoms with Crippen LogP contribution in [0.2, 0.25) is 0 Å². The Morgan fingerprint density at radius 2 is 1.75 bits per heavy atom. The molecule has 7 nitrogen and oxygen atoms in total. The zero-order valence-electron chi connectivity index (χ0n) is 17.6. The molecule has 0 aliphatic carbocycles. The van der Waals surface area contributed by atoms with E-state index in [0.717, 1.165) is 17.5 Å². The first kappa shape index (κ1) is 20.8. The van der Waals surface area contributed by atoms with E-state index >= 15 is 0 Å². The van der Waals surface area contributed by atoms with Gasteiger partial charge in [0.05, 0.1) is 15.9 Å². The average Bonchev–Trinajstić information content (AvgIpc) is 3.20. The van der Waals surface area contributed by atoms with Crippen LogP contribution in [-0.4, -0.2) is 35.6 Å². The number of hydrogen-bond acceptors (Lipinski definition) is 5. The predicted octanol–water partition coefficient (Wildman–Crippen LogP) is 4.21. The highest BCUT2D eigenvalue weighted by Crippen LogP contribution is 2.47. The number of rotatable bonds is 4. The molecule has 0 aromatic heterocycles. The molecule has 0 amide bonds. The third-order valence-electron chi connectivity index (χ3n) is 6.40. The lowest BCUT2D eigenvalue weighted by Crippen LogP contribution is -2.37. The molecule has 0 N–H and O–H groups in total. The summed E-state index contributed by atoms with van der Waals surface area (Å²) in [5, 5.41) is 11.4. The molecular formula is C24H23N3O4S. The van der Waals surface area contributed by atoms with Crippen molar-refractivity contribution in [2.75, 3.05) is 13.1 Å². The van der Waals surface area contributed by atoms with E-state index in [2.05, 4.69) is 17.0 Å². The molecule has 2 atom stereocenters. The lowest BCUT2D eigenvalue weighted by molar-refractivity contribution is -0.385. The van der Waals surface area contributed by atoms with Crippen LogP contribution in [0, 0.1) is 17.0 Å². The monoisotopic (exact) mass is 449 g/mol. The molecule has 0 unspecified atom stereocenters. The highest BCUT2D eigenvalue weighted by Gasteiger charge is 2.48. The Balaban J connectivity index is 1.65. The van der Waals surface area contributed by atoms with E-state index < -0.39 is 21.1 Å². The molecule has 0 spiro atoms. The number of nitrogens with zero attached hydrogens (tertiary/aromatic N) is 3. The number of benzene rings is 3. The largest absolute Gasteiger partial charge is 0.274 e. The maximum absolute atomic E-state index is 13.8. The zero-order chi connectivity index (χ0) is 22.5. The molecule has 164 valence electrons. The predicted molar refractivity (Wildman–Crippen MR) is 121 cm³/mol. The highest BCUT2D eigenvalue weighted by atomic mass is 32.2. The molecule has 5 rings (SSSR count). The van der Waals surface area contributed by atoms with Gasteiger partial charge in [-0.25, -0.2) is 8.42 Å². The zero-order valence-corrected chi connectivity index (χ0v) is 18.4. The van der Waals surface area contributed by atoms with Crippen LogP contribution < -0.4 is 0 Å². The Morgan fingerprint density at radius 3 is 2.50 bits per heavy atom. The van der Waals surface area contributed by atoms with Gasteiger partial charge in [0.25, 0.3) is 5.69 Å². The minimum Gasteiger partial charge on any atom is -0.274 e. The van der Waals surface area contributed by atoms with E-state index in [1.807, 2.05) is 19.1 Å². The summed E-state index contributed by atoms with van der Waals surface area (Å²) >= 11 is 0. The van der Waals surface area contributed by atoms with Crippen LogP contribution in [0.25, 0.3) is 0 Å². The lowest BCUT2D eigenvalue weighted by atomic mass is 9.93. The van der Waals surface area contributed by atoms with Gasteiger partial charge in [0.1, 0.15) is 6.17 Å². The van der Waals surface area contributed by atoms with Gasteiger partial charge in [-0.15, -0.1) is 0 Å². The Kier molecular flexibility index (Phi) is 5.08. The number of sulfonamides is 1. The van der Waals surface area contributed by atoms with Gasteiger partial charge in [-0.2, -0.15) is 4.31 Å². The van der Waals surface area contributed by atoms with Gasteiger partial charge in [0.15, 0.2) is 0 Å². The molecule has 3 aromatic carbocycles. The lowest BCUT2D eigenvalue weighted by Gasteiger charge is -2.35. The van der Waals surface area contributed by atoms with Gasteiger partial charge < -0.3 is 0 Å². The van der Waals surface area contributed by atoms with Gasteiger partial charge >= 0.3 is 0 Å². The summed E-state index contributed by atoms with van der Waals surface area (Å²) in [6.07, 6.45) is 0.191. The van der Waals surface area contributed by atoms with E-state index in [1.54, 1.807) is 36.4 Å². The minimum atomic E-state index is -3.82. The van der Waals surface area contributed by atoms with Gasteiger partial charge in [-0.05, 0) is 42.2 Å². The second kappa shape index (κ2) is 7.81. The van der Waals surface area contributed by atoms with Crippen molar-refractivity contribution in [2.45, 2.75) is 30.4 Å². The summed E-state index contributed by atoms with van der Waals surface area (Å²) in [5.74, 6) is 0. The van der Waals surface area contributed by atoms with Crippen molar-refractivity contribution in [2.24, 2.45) is 0 Å². The first-order chi connectivity index (χ1) is 15.4. The molecule has 0 radical (unpaired) electrons. The molecule has 2 aliphatic heterocycles. The van der Waals surface area contributed by atoms with Crippen LogP contribution in [0.3, 0.4) is 0 Å². The normalized spacial score (nSPS) is 21.2. The maximum atomic E-state index is 13.8. The maximum Gasteiger partial charge on any atom is 0.269 e. The van der Waals surface area contributed by atoms with Gasteiger partial charge in [0.2, 0.25) is 10.0 Å². The molecule has 32 heavy (non-hydrogen) atoms. The molecule has 2 heterocycles. The minimum absolute atomic E-state index is 0.0453. The van der Waals surface area contributed by atoms with Crippen molar-refractivity contribution in [3.63, 3.8) is 0 Å². The third-order valence-corrected chi connectivity index (χ3v) is 8.23. The van der Waals surface area contributed by atoms with Crippen LogP contribution >= 0.6 is 0 Å². The second-order valence-corrected chi connectivity index (χ2v) is 10.2. The summed E-state index contributed by atoms with van der Waals surface area (Å²) in [5.41, 5.74) is 3.89. The molecular weight excluding hydrogens is 426 g/mol. The fraction of sp³-hybridized carbons (Fsp3) is 0.250. The van der Waals surface area contributed by atoms with Gasteiger partial charge in [-0.3, -0.25) is 15.0 Å². The summed E-state index contributed by atoms with van der Waals surface area (Å²) in [4.78, 5) is 13.4. The molecule has 2 aliphatic rings. The number of non-ortho nitro benzene ring substituents is 1. The van der Waals surface area contributed by atoms with Crippen molar-refractivity contribution in [3.05, 3.63) is 105 Å². The Bertz CT molecular complexity index is 1290. The Hall–Kier alpha value is -3.07. The fourth-order valence-corrected chi connectivity index (χ4v) is 6.43. The quantitative estimate of drug-likeness (QED) is 0.440. The van der Waals surface area contributed by atoms with E-state index in [4.69, 9.17) is 0 Å². The van der Waals surface area contributed by atoms with Crippen LogP contribution in [0.5, 0.6) is 0 Å². The standard InChI is InChI=1S/C24H23N3O4S/c1-17-9-11-21(12-10-17)32(30,31)26-16-23-22-8-3-2-5-18(22)13-14-25(23)24(26)19-6-4-7-20(15-19)27(28)29/h2-12,15,23-24H,13-14,16H2,1H3/t23-,24+/m0/s1. The number of nitro benzene ring substituents is 1. The van der Waals surface area contributed by atoms with E-state index in [0.29, 0.717) is 18.7 Å². The summed E-state index contributed by atoms with van der Waals surface area (Å²) in [6.45, 7) is 2.88. The van der Waals surface area contributed by atoms with E-state index in [1.165, 1.54) is 22.0 Å². The summed E-state index contributed by atoms with van der Waals surface area (Å²) in [6, 6.07) is 21.2. The molecule has 8 heteroatoms. The topological polar surface area (TPSA) is 83.8 Å². The van der Waals surface area contributed by atoms with Crippen molar-refractivity contribution in [1.82, 2.24) is 9.21 Å². The van der Waals surface area contributed by atoms with E-state index in [9.17, 15) is 18.5 Å². The molecule has 0 bridgehead atoms. The number of fused-ring (bicyclic) bond motifs is 3. The van der Waals surface area contributed by atoms with E-state index in [-0.39, 0.29) is 16.6 Å². The highest BCUT2D eigenvalue weighted by molar-refractivity contribution is 7.89. The molecule has 3 aromatic rings. The van der Waals surface area contributed by atoms with Gasteiger partial charge in [-0.1, -0.05) is 54.1 Å². The van der Waals surface area contributed by atoms with Crippen molar-refractivity contribution in [1.29, 1.82) is 0 Å². The molecule has 1 fully saturated rings. The Morgan fingerprint density at radius 1 is 1.00 bits per heavy atom. The smallest absolute Gasteiger partial charge is 0.269 e. The number of hydrogen-bond donors (Lipinski definition) is 0. The third kappa shape index (κ3) is 3.40. The first-order valence-corrected chi connectivity index (χ1v) is 12.0. The van der Waals surface area contributed by atoms with Crippen molar-refractivity contribution in [3.8, 4) is 0 Å². The van der Waals surface area contributed by atoms with Crippen molar-refractivity contribution < 1.29 is 13.3 Å². The molecule has 1 saturated heterocycles. The van der Waals surface area contributed by atoms with Crippen LogP contribution in [-0.2, 0) is 16.4 Å². The fourth-order valence-electron chi connectivity index (χ4n) is 4.83. The average molecular weight is 450 g/mol.